The van der Waals surface area contributed by atoms with Crippen molar-refractivity contribution in [2.24, 2.45) is 0 Å². The van der Waals surface area contributed by atoms with E-state index in [1.54, 1.807) is 19.2 Å². The molecule has 0 aliphatic heterocycles. The first-order valence-electron chi connectivity index (χ1n) is 6.36. The van der Waals surface area contributed by atoms with Gasteiger partial charge in [0.05, 0.1) is 0 Å². The SMILES string of the molecule is CCN(Cc1cccc(N)c1)S(=O)(=O)N(C)C(C)C. The molecule has 0 spiro atoms. The van der Waals surface area contributed by atoms with E-state index in [9.17, 15) is 8.42 Å². The molecule has 0 amide bonds. The second kappa shape index (κ2) is 6.36. The maximum absolute atomic E-state index is 12.4. The van der Waals surface area contributed by atoms with Crippen LogP contribution in [0.15, 0.2) is 24.3 Å². The van der Waals surface area contributed by atoms with Crippen LogP contribution in [0.5, 0.6) is 0 Å². The van der Waals surface area contributed by atoms with Gasteiger partial charge in [-0.05, 0) is 31.5 Å². The van der Waals surface area contributed by atoms with Crippen molar-refractivity contribution in [2.45, 2.75) is 33.4 Å². The molecule has 6 heteroatoms. The molecule has 1 rings (SSSR count). The molecule has 108 valence electrons. The van der Waals surface area contributed by atoms with E-state index in [1.165, 1.54) is 8.61 Å². The van der Waals surface area contributed by atoms with Crippen molar-refractivity contribution in [1.82, 2.24) is 8.61 Å². The number of hydrogen-bond donors (Lipinski definition) is 1. The van der Waals surface area contributed by atoms with E-state index < -0.39 is 10.2 Å². The third-order valence-corrected chi connectivity index (χ3v) is 5.27. The predicted molar refractivity (Wildman–Crippen MR) is 78.8 cm³/mol. The highest BCUT2D eigenvalue weighted by Gasteiger charge is 2.27. The highest BCUT2D eigenvalue weighted by Crippen LogP contribution is 2.15. The van der Waals surface area contributed by atoms with Crippen molar-refractivity contribution in [2.75, 3.05) is 19.3 Å². The van der Waals surface area contributed by atoms with Gasteiger partial charge in [-0.2, -0.15) is 17.0 Å². The zero-order valence-corrected chi connectivity index (χ0v) is 12.8. The molecule has 0 aliphatic rings. The Morgan fingerprint density at radius 3 is 2.42 bits per heavy atom. The third-order valence-electron chi connectivity index (χ3n) is 3.08. The Morgan fingerprint density at radius 2 is 1.95 bits per heavy atom. The molecule has 1 aromatic carbocycles. The van der Waals surface area contributed by atoms with Gasteiger partial charge >= 0.3 is 0 Å². The zero-order valence-electron chi connectivity index (χ0n) is 12.0. The molecule has 0 aromatic heterocycles. The summed E-state index contributed by atoms with van der Waals surface area (Å²) in [6, 6.07) is 7.23. The lowest BCUT2D eigenvalue weighted by atomic mass is 10.2. The topological polar surface area (TPSA) is 66.6 Å². The summed E-state index contributed by atoms with van der Waals surface area (Å²) >= 11 is 0. The van der Waals surface area contributed by atoms with E-state index in [0.29, 0.717) is 18.8 Å². The monoisotopic (exact) mass is 285 g/mol. The number of nitrogen functional groups attached to an aromatic ring is 1. The van der Waals surface area contributed by atoms with Gasteiger partial charge in [0.2, 0.25) is 0 Å². The third kappa shape index (κ3) is 3.92. The van der Waals surface area contributed by atoms with E-state index in [-0.39, 0.29) is 6.04 Å². The Balaban J connectivity index is 2.96. The maximum atomic E-state index is 12.4. The second-order valence-corrected chi connectivity index (χ2v) is 6.78. The molecule has 0 atom stereocenters. The number of benzene rings is 1. The number of nitrogens with two attached hydrogens (primary N) is 1. The van der Waals surface area contributed by atoms with Crippen LogP contribution in [0, 0.1) is 0 Å². The minimum Gasteiger partial charge on any atom is -0.399 e. The number of anilines is 1. The van der Waals surface area contributed by atoms with Crippen LogP contribution in [0.2, 0.25) is 0 Å². The van der Waals surface area contributed by atoms with Crippen molar-refractivity contribution in [3.8, 4) is 0 Å². The van der Waals surface area contributed by atoms with E-state index in [2.05, 4.69) is 0 Å². The molecule has 0 bridgehead atoms. The summed E-state index contributed by atoms with van der Waals surface area (Å²) in [5.74, 6) is 0. The normalized spacial score (nSPS) is 12.6. The molecule has 0 saturated heterocycles. The van der Waals surface area contributed by atoms with E-state index in [4.69, 9.17) is 5.73 Å². The Morgan fingerprint density at radius 1 is 1.32 bits per heavy atom. The molecule has 0 heterocycles. The zero-order chi connectivity index (χ0) is 14.6. The quantitative estimate of drug-likeness (QED) is 0.809. The average molecular weight is 285 g/mol. The summed E-state index contributed by atoms with van der Waals surface area (Å²) < 4.78 is 27.7. The second-order valence-electron chi connectivity index (χ2n) is 4.79. The largest absolute Gasteiger partial charge is 0.399 e. The molecule has 0 radical (unpaired) electrons. The maximum Gasteiger partial charge on any atom is 0.282 e. The molecular weight excluding hydrogens is 262 g/mol. The fourth-order valence-corrected chi connectivity index (χ4v) is 3.24. The summed E-state index contributed by atoms with van der Waals surface area (Å²) in [4.78, 5) is 0. The van der Waals surface area contributed by atoms with Crippen molar-refractivity contribution < 1.29 is 8.42 Å². The van der Waals surface area contributed by atoms with Gasteiger partial charge in [-0.3, -0.25) is 0 Å². The van der Waals surface area contributed by atoms with Gasteiger partial charge in [-0.25, -0.2) is 0 Å². The molecule has 0 aliphatic carbocycles. The number of hydrogen-bond acceptors (Lipinski definition) is 3. The van der Waals surface area contributed by atoms with Crippen LogP contribution in [0.25, 0.3) is 0 Å². The Kier molecular flexibility index (Phi) is 5.34. The van der Waals surface area contributed by atoms with Gasteiger partial charge in [-0.15, -0.1) is 0 Å². The van der Waals surface area contributed by atoms with Crippen LogP contribution >= 0.6 is 0 Å². The fourth-order valence-electron chi connectivity index (χ4n) is 1.70. The summed E-state index contributed by atoms with van der Waals surface area (Å²) in [5, 5.41) is 0. The lowest BCUT2D eigenvalue weighted by Crippen LogP contribution is -2.44. The van der Waals surface area contributed by atoms with Crippen LogP contribution in [0.4, 0.5) is 5.69 Å². The minimum absolute atomic E-state index is 0.0695. The fraction of sp³-hybridized carbons (Fsp3) is 0.538. The summed E-state index contributed by atoms with van der Waals surface area (Å²) in [6.45, 7) is 6.30. The van der Waals surface area contributed by atoms with E-state index >= 15 is 0 Å². The van der Waals surface area contributed by atoms with Crippen molar-refractivity contribution >= 4 is 15.9 Å². The van der Waals surface area contributed by atoms with E-state index in [1.807, 2.05) is 32.9 Å². The molecule has 5 nitrogen and oxygen atoms in total. The Bertz CT molecular complexity index is 514. The predicted octanol–water partition coefficient (Wildman–Crippen LogP) is 1.68. The van der Waals surface area contributed by atoms with Crippen LogP contribution in [-0.2, 0) is 16.8 Å². The van der Waals surface area contributed by atoms with Gasteiger partial charge in [0.15, 0.2) is 0 Å². The minimum atomic E-state index is -3.44. The lowest BCUT2D eigenvalue weighted by Gasteiger charge is -2.29. The van der Waals surface area contributed by atoms with Gasteiger partial charge in [0.1, 0.15) is 0 Å². The van der Waals surface area contributed by atoms with Gasteiger partial charge in [-0.1, -0.05) is 19.1 Å². The molecule has 0 fully saturated rings. The molecule has 0 unspecified atom stereocenters. The van der Waals surface area contributed by atoms with Crippen molar-refractivity contribution in [1.29, 1.82) is 0 Å². The van der Waals surface area contributed by atoms with Crippen LogP contribution in [-0.4, -0.2) is 36.7 Å². The summed E-state index contributed by atoms with van der Waals surface area (Å²) in [5.41, 5.74) is 7.25. The van der Waals surface area contributed by atoms with Crippen LogP contribution in [0.1, 0.15) is 26.3 Å². The van der Waals surface area contributed by atoms with Crippen molar-refractivity contribution in [3.05, 3.63) is 29.8 Å². The van der Waals surface area contributed by atoms with E-state index in [0.717, 1.165) is 5.56 Å². The van der Waals surface area contributed by atoms with Gasteiger partial charge < -0.3 is 5.73 Å². The highest BCUT2D eigenvalue weighted by atomic mass is 32.2. The first-order valence-corrected chi connectivity index (χ1v) is 7.76. The molecule has 1 aromatic rings. The smallest absolute Gasteiger partial charge is 0.282 e. The molecule has 0 saturated carbocycles. The Labute approximate surface area is 116 Å². The first-order chi connectivity index (χ1) is 8.78. The molecule has 19 heavy (non-hydrogen) atoms. The standard InChI is InChI=1S/C13H23N3O2S/c1-5-16(19(17,18)15(4)11(2)3)10-12-7-6-8-13(14)9-12/h6-9,11H,5,10,14H2,1-4H3. The first kappa shape index (κ1) is 15.9. The van der Waals surface area contributed by atoms with Gasteiger partial charge in [0, 0.05) is 31.9 Å². The summed E-state index contributed by atoms with van der Waals surface area (Å²) in [6.07, 6.45) is 0. The Hall–Kier alpha value is -1.11. The summed E-state index contributed by atoms with van der Waals surface area (Å²) in [7, 11) is -1.84. The van der Waals surface area contributed by atoms with Gasteiger partial charge in [0.25, 0.3) is 10.2 Å². The molecular formula is C13H23N3O2S. The van der Waals surface area contributed by atoms with Crippen LogP contribution in [0.3, 0.4) is 0 Å². The van der Waals surface area contributed by atoms with Crippen molar-refractivity contribution in [3.63, 3.8) is 0 Å². The highest BCUT2D eigenvalue weighted by molar-refractivity contribution is 7.86. The van der Waals surface area contributed by atoms with Crippen LogP contribution < -0.4 is 5.73 Å². The number of nitrogens with zero attached hydrogens (tertiary/aromatic N) is 2. The molecule has 2 N–H and O–H groups in total. The lowest BCUT2D eigenvalue weighted by molar-refractivity contribution is 0.337. The number of rotatable bonds is 6. The average Bonchev–Trinajstić information content (AvgIpc) is 2.34.